The van der Waals surface area contributed by atoms with Crippen molar-refractivity contribution in [3.63, 3.8) is 0 Å². The molecule has 0 aromatic carbocycles. The predicted octanol–water partition coefficient (Wildman–Crippen LogP) is 2.83. The molecule has 0 aromatic heterocycles. The fourth-order valence-corrected chi connectivity index (χ4v) is 1.14. The van der Waals surface area contributed by atoms with Gasteiger partial charge in [0.2, 0.25) is 0 Å². The average molecular weight is 201 g/mol. The van der Waals surface area contributed by atoms with E-state index in [0.29, 0.717) is 6.04 Å². The highest BCUT2D eigenvalue weighted by Crippen LogP contribution is 1.99. The molecule has 0 bridgehead atoms. The van der Waals surface area contributed by atoms with Gasteiger partial charge in [-0.05, 0) is 31.7 Å². The van der Waals surface area contributed by atoms with Gasteiger partial charge in [-0.2, -0.15) is 0 Å². The van der Waals surface area contributed by atoms with E-state index in [-0.39, 0.29) is 0 Å². The molecule has 0 aliphatic rings. The number of hydrogen-bond donors (Lipinski definition) is 1. The Morgan fingerprint density at radius 3 is 2.29 bits per heavy atom. The molecule has 0 radical (unpaired) electrons. The summed E-state index contributed by atoms with van der Waals surface area (Å²) >= 11 is 0. The van der Waals surface area contributed by atoms with Gasteiger partial charge in [-0.15, -0.1) is 0 Å². The molecule has 0 spiro atoms. The van der Waals surface area contributed by atoms with Crippen molar-refractivity contribution in [2.75, 3.05) is 19.8 Å². The predicted molar refractivity (Wildman–Crippen MR) is 62.6 cm³/mol. The summed E-state index contributed by atoms with van der Waals surface area (Å²) in [5.41, 5.74) is 0. The van der Waals surface area contributed by atoms with Crippen LogP contribution in [0, 0.1) is 5.92 Å². The molecule has 1 N–H and O–H groups in total. The van der Waals surface area contributed by atoms with E-state index in [1.54, 1.807) is 0 Å². The highest BCUT2D eigenvalue weighted by atomic mass is 16.5. The molecule has 2 nitrogen and oxygen atoms in total. The maximum Gasteiger partial charge on any atom is 0.0468 e. The molecule has 0 saturated heterocycles. The van der Waals surface area contributed by atoms with Crippen molar-refractivity contribution in [3.05, 3.63) is 0 Å². The lowest BCUT2D eigenvalue weighted by atomic mass is 10.1. The first kappa shape index (κ1) is 13.9. The zero-order valence-electron chi connectivity index (χ0n) is 10.3. The van der Waals surface area contributed by atoms with Gasteiger partial charge in [0, 0.05) is 19.3 Å². The van der Waals surface area contributed by atoms with Gasteiger partial charge >= 0.3 is 0 Å². The molecule has 0 amide bonds. The van der Waals surface area contributed by atoms with E-state index in [2.05, 4.69) is 33.0 Å². The minimum Gasteiger partial charge on any atom is -0.381 e. The number of hydrogen-bond acceptors (Lipinski definition) is 2. The largest absolute Gasteiger partial charge is 0.381 e. The zero-order chi connectivity index (χ0) is 10.8. The maximum atomic E-state index is 5.52. The summed E-state index contributed by atoms with van der Waals surface area (Å²) in [6.07, 6.45) is 3.59. The standard InChI is InChI=1S/C12H27NO/c1-11(2)7-10-14-9-6-5-8-13-12(3)4/h11-13H,5-10H2,1-4H3. The molecule has 0 aliphatic heterocycles. The van der Waals surface area contributed by atoms with Crippen molar-refractivity contribution in [2.24, 2.45) is 5.92 Å². The molecule has 0 unspecified atom stereocenters. The third-order valence-corrected chi connectivity index (χ3v) is 2.11. The van der Waals surface area contributed by atoms with Crippen molar-refractivity contribution < 1.29 is 4.74 Å². The lowest BCUT2D eigenvalue weighted by Gasteiger charge is -2.08. The molecule has 0 rings (SSSR count). The summed E-state index contributed by atoms with van der Waals surface area (Å²) < 4.78 is 5.52. The smallest absolute Gasteiger partial charge is 0.0468 e. The van der Waals surface area contributed by atoms with Crippen LogP contribution < -0.4 is 5.32 Å². The lowest BCUT2D eigenvalue weighted by Crippen LogP contribution is -2.23. The number of ether oxygens (including phenoxy) is 1. The van der Waals surface area contributed by atoms with Gasteiger partial charge in [-0.1, -0.05) is 27.7 Å². The molecule has 0 aliphatic carbocycles. The van der Waals surface area contributed by atoms with Crippen LogP contribution in [-0.2, 0) is 4.74 Å². The van der Waals surface area contributed by atoms with Crippen molar-refractivity contribution in [1.82, 2.24) is 5.32 Å². The van der Waals surface area contributed by atoms with Crippen LogP contribution in [0.2, 0.25) is 0 Å². The molecular weight excluding hydrogens is 174 g/mol. The van der Waals surface area contributed by atoms with E-state index in [9.17, 15) is 0 Å². The monoisotopic (exact) mass is 201 g/mol. The second-order valence-electron chi connectivity index (χ2n) is 4.61. The second-order valence-corrected chi connectivity index (χ2v) is 4.61. The van der Waals surface area contributed by atoms with Crippen LogP contribution in [-0.4, -0.2) is 25.8 Å². The molecule has 14 heavy (non-hydrogen) atoms. The first-order valence-electron chi connectivity index (χ1n) is 5.94. The Labute approximate surface area is 89.4 Å². The van der Waals surface area contributed by atoms with Gasteiger partial charge in [0.25, 0.3) is 0 Å². The van der Waals surface area contributed by atoms with E-state index in [4.69, 9.17) is 4.74 Å². The van der Waals surface area contributed by atoms with Crippen molar-refractivity contribution >= 4 is 0 Å². The number of unbranched alkanes of at least 4 members (excludes halogenated alkanes) is 1. The highest BCUT2D eigenvalue weighted by molar-refractivity contribution is 4.52. The third-order valence-electron chi connectivity index (χ3n) is 2.11. The highest BCUT2D eigenvalue weighted by Gasteiger charge is 1.95. The van der Waals surface area contributed by atoms with Crippen LogP contribution in [0.25, 0.3) is 0 Å². The van der Waals surface area contributed by atoms with Gasteiger partial charge in [0.05, 0.1) is 0 Å². The fourth-order valence-electron chi connectivity index (χ4n) is 1.14. The van der Waals surface area contributed by atoms with Crippen LogP contribution in [0.1, 0.15) is 47.0 Å². The quantitative estimate of drug-likeness (QED) is 0.579. The Morgan fingerprint density at radius 1 is 1.00 bits per heavy atom. The third kappa shape index (κ3) is 11.9. The fraction of sp³-hybridized carbons (Fsp3) is 1.00. The first-order chi connectivity index (χ1) is 6.63. The molecule has 0 aromatic rings. The summed E-state index contributed by atoms with van der Waals surface area (Å²) in [6.45, 7) is 11.8. The van der Waals surface area contributed by atoms with Crippen LogP contribution in [0.15, 0.2) is 0 Å². The van der Waals surface area contributed by atoms with Gasteiger partial charge < -0.3 is 10.1 Å². The summed E-state index contributed by atoms with van der Waals surface area (Å²) in [5, 5.41) is 3.40. The topological polar surface area (TPSA) is 21.3 Å². The van der Waals surface area contributed by atoms with Crippen molar-refractivity contribution in [2.45, 2.75) is 53.0 Å². The summed E-state index contributed by atoms with van der Waals surface area (Å²) in [5.74, 6) is 0.762. The second kappa shape index (κ2) is 9.47. The summed E-state index contributed by atoms with van der Waals surface area (Å²) in [4.78, 5) is 0. The molecule has 0 saturated carbocycles. The van der Waals surface area contributed by atoms with Crippen LogP contribution in [0.4, 0.5) is 0 Å². The van der Waals surface area contributed by atoms with Crippen LogP contribution >= 0.6 is 0 Å². The van der Waals surface area contributed by atoms with Gasteiger partial charge in [0.15, 0.2) is 0 Å². The minimum atomic E-state index is 0.608. The van der Waals surface area contributed by atoms with Gasteiger partial charge in [0.1, 0.15) is 0 Å². The minimum absolute atomic E-state index is 0.608. The van der Waals surface area contributed by atoms with E-state index in [1.165, 1.54) is 19.3 Å². The molecule has 0 fully saturated rings. The van der Waals surface area contributed by atoms with Crippen LogP contribution in [0.5, 0.6) is 0 Å². The number of rotatable bonds is 9. The van der Waals surface area contributed by atoms with Crippen LogP contribution in [0.3, 0.4) is 0 Å². The Balaban J connectivity index is 2.92. The van der Waals surface area contributed by atoms with Crippen molar-refractivity contribution in [3.8, 4) is 0 Å². The van der Waals surface area contributed by atoms with E-state index in [1.807, 2.05) is 0 Å². The van der Waals surface area contributed by atoms with Gasteiger partial charge in [-0.25, -0.2) is 0 Å². The maximum absolute atomic E-state index is 5.52. The normalized spacial score (nSPS) is 11.6. The molecule has 2 heteroatoms. The Bertz CT molecular complexity index is 98.9. The van der Waals surface area contributed by atoms with E-state index < -0.39 is 0 Å². The Hall–Kier alpha value is -0.0800. The number of nitrogens with one attached hydrogen (secondary N) is 1. The van der Waals surface area contributed by atoms with Gasteiger partial charge in [-0.3, -0.25) is 0 Å². The van der Waals surface area contributed by atoms with Crippen molar-refractivity contribution in [1.29, 1.82) is 0 Å². The summed E-state index contributed by atoms with van der Waals surface area (Å²) in [6, 6.07) is 0.608. The summed E-state index contributed by atoms with van der Waals surface area (Å²) in [7, 11) is 0. The SMILES string of the molecule is CC(C)CCOCCCCNC(C)C. The molecule has 0 heterocycles. The molecule has 86 valence electrons. The molecular formula is C12H27NO. The zero-order valence-corrected chi connectivity index (χ0v) is 10.3. The first-order valence-corrected chi connectivity index (χ1v) is 5.94. The molecule has 0 atom stereocenters. The Kier molecular flexibility index (Phi) is 9.42. The Morgan fingerprint density at radius 2 is 1.71 bits per heavy atom. The lowest BCUT2D eigenvalue weighted by molar-refractivity contribution is 0.120. The van der Waals surface area contributed by atoms with E-state index >= 15 is 0 Å². The average Bonchev–Trinajstić information content (AvgIpc) is 2.08. The van der Waals surface area contributed by atoms with E-state index in [0.717, 1.165) is 25.7 Å².